The molecule has 6 heteroatoms. The van der Waals surface area contributed by atoms with E-state index in [0.717, 1.165) is 22.4 Å². The Hall–Kier alpha value is -2.40. The average molecular weight is 286 g/mol. The van der Waals surface area contributed by atoms with Gasteiger partial charge in [0.1, 0.15) is 0 Å². The standard InChI is InChI=1S/C14H12ClN5/c1-20-7-6-17-14(20)9-18-19-12-4-5-16-13-8-10(15)2-3-11(12)13/h2-9H,1H3,(H,16,19)/b18-9+. The van der Waals surface area contributed by atoms with Gasteiger partial charge in [-0.3, -0.25) is 10.4 Å². The van der Waals surface area contributed by atoms with Gasteiger partial charge < -0.3 is 4.57 Å². The Morgan fingerprint density at radius 2 is 2.15 bits per heavy atom. The van der Waals surface area contributed by atoms with Gasteiger partial charge in [-0.05, 0) is 24.3 Å². The number of aromatic nitrogens is 3. The summed E-state index contributed by atoms with van der Waals surface area (Å²) in [6.07, 6.45) is 6.98. The van der Waals surface area contributed by atoms with Crippen LogP contribution in [0.5, 0.6) is 0 Å². The highest BCUT2D eigenvalue weighted by atomic mass is 35.5. The number of hydrogen-bond acceptors (Lipinski definition) is 4. The van der Waals surface area contributed by atoms with Crippen molar-refractivity contribution in [1.82, 2.24) is 14.5 Å². The summed E-state index contributed by atoms with van der Waals surface area (Å²) in [4.78, 5) is 8.45. The molecule has 0 saturated heterocycles. The van der Waals surface area contributed by atoms with Gasteiger partial charge in [-0.1, -0.05) is 11.6 Å². The van der Waals surface area contributed by atoms with Gasteiger partial charge in [-0.15, -0.1) is 0 Å². The van der Waals surface area contributed by atoms with Crippen molar-refractivity contribution in [2.45, 2.75) is 0 Å². The van der Waals surface area contributed by atoms with Crippen molar-refractivity contribution in [3.05, 3.63) is 53.7 Å². The van der Waals surface area contributed by atoms with Crippen LogP contribution in [0.3, 0.4) is 0 Å². The summed E-state index contributed by atoms with van der Waals surface area (Å²) in [5.74, 6) is 0.777. The van der Waals surface area contributed by atoms with E-state index in [-0.39, 0.29) is 0 Å². The third kappa shape index (κ3) is 2.48. The summed E-state index contributed by atoms with van der Waals surface area (Å²) in [5, 5.41) is 5.83. The van der Waals surface area contributed by atoms with Crippen LogP contribution in [0, 0.1) is 0 Å². The fourth-order valence-corrected chi connectivity index (χ4v) is 2.05. The summed E-state index contributed by atoms with van der Waals surface area (Å²) >= 11 is 5.96. The fraction of sp³-hybridized carbons (Fsp3) is 0.0714. The normalized spacial score (nSPS) is 11.3. The Labute approximate surface area is 120 Å². The summed E-state index contributed by atoms with van der Waals surface area (Å²) in [5.41, 5.74) is 4.71. The van der Waals surface area contributed by atoms with Crippen LogP contribution in [0.25, 0.3) is 10.9 Å². The minimum absolute atomic E-state index is 0.665. The van der Waals surface area contributed by atoms with E-state index < -0.39 is 0 Å². The number of halogens is 1. The Morgan fingerprint density at radius 3 is 2.95 bits per heavy atom. The molecule has 0 spiro atoms. The molecule has 0 radical (unpaired) electrons. The van der Waals surface area contributed by atoms with Gasteiger partial charge >= 0.3 is 0 Å². The van der Waals surface area contributed by atoms with Crippen LogP contribution >= 0.6 is 11.6 Å². The van der Waals surface area contributed by atoms with Crippen LogP contribution in [-0.4, -0.2) is 20.7 Å². The van der Waals surface area contributed by atoms with E-state index in [1.807, 2.05) is 42.1 Å². The lowest BCUT2D eigenvalue weighted by molar-refractivity contribution is 0.901. The Balaban J connectivity index is 1.88. The third-order valence-electron chi connectivity index (χ3n) is 2.93. The van der Waals surface area contributed by atoms with Gasteiger partial charge in [0, 0.05) is 36.0 Å². The first-order valence-electron chi connectivity index (χ1n) is 6.05. The molecule has 5 nitrogen and oxygen atoms in total. The largest absolute Gasteiger partial charge is 0.333 e. The second kappa shape index (κ2) is 5.30. The molecule has 3 aromatic rings. The number of imidazole rings is 1. The van der Waals surface area contributed by atoms with Crippen molar-refractivity contribution in [1.29, 1.82) is 0 Å². The van der Waals surface area contributed by atoms with E-state index in [4.69, 9.17) is 11.6 Å². The first-order valence-corrected chi connectivity index (χ1v) is 6.42. The van der Waals surface area contributed by atoms with Crippen molar-refractivity contribution in [2.24, 2.45) is 12.1 Å². The van der Waals surface area contributed by atoms with E-state index >= 15 is 0 Å². The quantitative estimate of drug-likeness (QED) is 0.594. The van der Waals surface area contributed by atoms with Crippen LogP contribution in [-0.2, 0) is 7.05 Å². The maximum absolute atomic E-state index is 5.96. The number of hydrogen-bond donors (Lipinski definition) is 1. The zero-order chi connectivity index (χ0) is 13.9. The van der Waals surface area contributed by atoms with E-state index in [1.54, 1.807) is 18.6 Å². The van der Waals surface area contributed by atoms with Gasteiger partial charge in [0.05, 0.1) is 17.4 Å². The minimum atomic E-state index is 0.665. The highest BCUT2D eigenvalue weighted by molar-refractivity contribution is 6.31. The third-order valence-corrected chi connectivity index (χ3v) is 3.16. The number of anilines is 1. The lowest BCUT2D eigenvalue weighted by Crippen LogP contribution is -1.98. The van der Waals surface area contributed by atoms with Gasteiger partial charge in [0.25, 0.3) is 0 Å². The SMILES string of the molecule is Cn1ccnc1/C=N/Nc1ccnc2cc(Cl)ccc12. The number of nitrogens with zero attached hydrogens (tertiary/aromatic N) is 4. The molecule has 1 N–H and O–H groups in total. The summed E-state index contributed by atoms with van der Waals surface area (Å²) in [7, 11) is 1.91. The molecule has 100 valence electrons. The van der Waals surface area contributed by atoms with Crippen molar-refractivity contribution in [3.8, 4) is 0 Å². The molecule has 3 rings (SSSR count). The molecule has 20 heavy (non-hydrogen) atoms. The lowest BCUT2D eigenvalue weighted by atomic mass is 10.2. The van der Waals surface area contributed by atoms with E-state index in [1.165, 1.54) is 0 Å². The molecular weight excluding hydrogens is 274 g/mol. The fourth-order valence-electron chi connectivity index (χ4n) is 1.88. The topological polar surface area (TPSA) is 55.1 Å². The maximum Gasteiger partial charge on any atom is 0.152 e. The Kier molecular flexibility index (Phi) is 3.35. The van der Waals surface area contributed by atoms with E-state index in [9.17, 15) is 0 Å². The second-order valence-corrected chi connectivity index (χ2v) is 4.72. The molecule has 2 aromatic heterocycles. The number of aryl methyl sites for hydroxylation is 1. The molecule has 0 aliphatic rings. The predicted octanol–water partition coefficient (Wildman–Crippen LogP) is 3.07. The highest BCUT2D eigenvalue weighted by Crippen LogP contribution is 2.24. The van der Waals surface area contributed by atoms with Gasteiger partial charge in [0.15, 0.2) is 5.82 Å². The number of benzene rings is 1. The monoisotopic (exact) mass is 285 g/mol. The van der Waals surface area contributed by atoms with Crippen LogP contribution in [0.1, 0.15) is 5.82 Å². The van der Waals surface area contributed by atoms with E-state index in [2.05, 4.69) is 20.5 Å². The molecule has 0 amide bonds. The lowest BCUT2D eigenvalue weighted by Gasteiger charge is -2.05. The number of fused-ring (bicyclic) bond motifs is 1. The van der Waals surface area contributed by atoms with Crippen LogP contribution in [0.4, 0.5) is 5.69 Å². The molecule has 1 aromatic carbocycles. The molecule has 0 fully saturated rings. The van der Waals surface area contributed by atoms with Crippen molar-refractivity contribution in [3.63, 3.8) is 0 Å². The first-order chi connectivity index (χ1) is 9.74. The van der Waals surface area contributed by atoms with Crippen molar-refractivity contribution in [2.75, 3.05) is 5.43 Å². The molecule has 2 heterocycles. The van der Waals surface area contributed by atoms with Crippen LogP contribution in [0.15, 0.2) is 48.0 Å². The first kappa shape index (κ1) is 12.6. The number of pyridine rings is 1. The maximum atomic E-state index is 5.96. The Morgan fingerprint density at radius 1 is 1.25 bits per heavy atom. The summed E-state index contributed by atoms with van der Waals surface area (Å²) in [6.45, 7) is 0. The number of nitrogens with one attached hydrogen (secondary N) is 1. The van der Waals surface area contributed by atoms with Crippen molar-refractivity contribution < 1.29 is 0 Å². The molecule has 0 bridgehead atoms. The van der Waals surface area contributed by atoms with Gasteiger partial charge in [0.2, 0.25) is 0 Å². The second-order valence-electron chi connectivity index (χ2n) is 4.29. The highest BCUT2D eigenvalue weighted by Gasteiger charge is 2.01. The van der Waals surface area contributed by atoms with E-state index in [0.29, 0.717) is 5.02 Å². The molecule has 0 aliphatic carbocycles. The van der Waals surface area contributed by atoms with Crippen LogP contribution < -0.4 is 5.43 Å². The predicted molar refractivity (Wildman–Crippen MR) is 81.2 cm³/mol. The summed E-state index contributed by atoms with van der Waals surface area (Å²) < 4.78 is 1.88. The van der Waals surface area contributed by atoms with Gasteiger partial charge in [-0.25, -0.2) is 4.98 Å². The van der Waals surface area contributed by atoms with Crippen LogP contribution in [0.2, 0.25) is 5.02 Å². The number of hydrazone groups is 1. The van der Waals surface area contributed by atoms with Gasteiger partial charge in [-0.2, -0.15) is 5.10 Å². The zero-order valence-electron chi connectivity index (χ0n) is 10.8. The molecular formula is C14H12ClN5. The summed E-state index contributed by atoms with van der Waals surface area (Å²) in [6, 6.07) is 7.44. The molecule has 0 saturated carbocycles. The Bertz CT molecular complexity index is 778. The average Bonchev–Trinajstić information content (AvgIpc) is 2.84. The molecule has 0 unspecified atom stereocenters. The molecule has 0 atom stereocenters. The zero-order valence-corrected chi connectivity index (χ0v) is 11.5. The smallest absolute Gasteiger partial charge is 0.152 e. The minimum Gasteiger partial charge on any atom is -0.333 e. The molecule has 0 aliphatic heterocycles. The van der Waals surface area contributed by atoms with Crippen molar-refractivity contribution >= 4 is 34.4 Å². The number of rotatable bonds is 3.